The van der Waals surface area contributed by atoms with Gasteiger partial charge in [0.1, 0.15) is 0 Å². The van der Waals surface area contributed by atoms with Crippen molar-refractivity contribution in [3.8, 4) is 0 Å². The quantitative estimate of drug-likeness (QED) is 0.815. The van der Waals surface area contributed by atoms with E-state index in [-0.39, 0.29) is 0 Å². The first kappa shape index (κ1) is 13.4. The molecule has 2 fully saturated rings. The highest BCUT2D eigenvalue weighted by atomic mass is 16.5. The second-order valence-corrected chi connectivity index (χ2v) is 6.97. The van der Waals surface area contributed by atoms with Crippen molar-refractivity contribution in [1.29, 1.82) is 0 Å². The van der Waals surface area contributed by atoms with Gasteiger partial charge in [-0.1, -0.05) is 20.8 Å². The van der Waals surface area contributed by atoms with Crippen molar-refractivity contribution >= 4 is 0 Å². The van der Waals surface area contributed by atoms with E-state index in [1.54, 1.807) is 0 Å². The number of methoxy groups -OCH3 is 1. The molecule has 2 aliphatic carbocycles. The predicted molar refractivity (Wildman–Crippen MR) is 72.2 cm³/mol. The molecule has 0 bridgehead atoms. The number of hydrogen-bond donors (Lipinski definition) is 1. The number of ether oxygens (including phenoxy) is 1. The van der Waals surface area contributed by atoms with E-state index in [1.165, 1.54) is 38.5 Å². The summed E-state index contributed by atoms with van der Waals surface area (Å²) in [6.07, 6.45) is 8.36. The molecule has 2 heteroatoms. The van der Waals surface area contributed by atoms with Crippen LogP contribution in [0.25, 0.3) is 0 Å². The maximum absolute atomic E-state index is 5.58. The maximum atomic E-state index is 5.58. The molecule has 2 nitrogen and oxygen atoms in total. The Morgan fingerprint density at radius 2 is 1.88 bits per heavy atom. The van der Waals surface area contributed by atoms with Crippen LogP contribution in [0, 0.1) is 11.3 Å². The maximum Gasteiger partial charge on any atom is 0.0724 e. The molecule has 2 aliphatic rings. The van der Waals surface area contributed by atoms with Gasteiger partial charge in [-0.15, -0.1) is 0 Å². The molecule has 0 radical (unpaired) electrons. The molecule has 100 valence electrons. The van der Waals surface area contributed by atoms with E-state index in [0.29, 0.717) is 23.6 Å². The fourth-order valence-electron chi connectivity index (χ4n) is 3.87. The predicted octanol–water partition coefficient (Wildman–Crippen LogP) is 3.36. The molecule has 0 aromatic carbocycles. The van der Waals surface area contributed by atoms with Gasteiger partial charge in [-0.25, -0.2) is 0 Å². The summed E-state index contributed by atoms with van der Waals surface area (Å²) in [5, 5.41) is 3.88. The lowest BCUT2D eigenvalue weighted by atomic mass is 9.70. The summed E-state index contributed by atoms with van der Waals surface area (Å²) in [6, 6.07) is 1.32. The Morgan fingerprint density at radius 1 is 1.12 bits per heavy atom. The number of hydrogen-bond acceptors (Lipinski definition) is 2. The van der Waals surface area contributed by atoms with E-state index >= 15 is 0 Å². The summed E-state index contributed by atoms with van der Waals surface area (Å²) in [4.78, 5) is 0. The summed E-state index contributed by atoms with van der Waals surface area (Å²) in [5.74, 6) is 0.803. The molecular formula is C15H29NO. The lowest BCUT2D eigenvalue weighted by Crippen LogP contribution is -2.49. The van der Waals surface area contributed by atoms with Crippen LogP contribution in [-0.2, 0) is 4.74 Å². The first-order valence-corrected chi connectivity index (χ1v) is 7.31. The lowest BCUT2D eigenvalue weighted by Gasteiger charge is -2.41. The number of nitrogens with one attached hydrogen (secondary N) is 1. The van der Waals surface area contributed by atoms with Gasteiger partial charge in [0.05, 0.1) is 6.10 Å². The molecule has 0 heterocycles. The smallest absolute Gasteiger partial charge is 0.0724 e. The standard InChI is InChI=1S/C15H29NO/c1-11-10-15(2,3)9-8-12(11)16-13-6-5-7-14(13)17-4/h11-14,16H,5-10H2,1-4H3. The summed E-state index contributed by atoms with van der Waals surface area (Å²) < 4.78 is 5.58. The molecule has 17 heavy (non-hydrogen) atoms. The van der Waals surface area contributed by atoms with Crippen LogP contribution in [0.5, 0.6) is 0 Å². The topological polar surface area (TPSA) is 21.3 Å². The van der Waals surface area contributed by atoms with Crippen molar-refractivity contribution in [3.05, 3.63) is 0 Å². The highest BCUT2D eigenvalue weighted by Crippen LogP contribution is 2.39. The van der Waals surface area contributed by atoms with Gasteiger partial charge in [-0.05, 0) is 49.9 Å². The second kappa shape index (κ2) is 5.27. The van der Waals surface area contributed by atoms with Crippen molar-refractivity contribution < 1.29 is 4.74 Å². The Kier molecular flexibility index (Phi) is 4.14. The summed E-state index contributed by atoms with van der Waals surface area (Å²) in [7, 11) is 1.86. The third kappa shape index (κ3) is 3.23. The SMILES string of the molecule is COC1CCCC1NC1CCC(C)(C)CC1C. The van der Waals surface area contributed by atoms with E-state index in [1.807, 2.05) is 7.11 Å². The fraction of sp³-hybridized carbons (Fsp3) is 1.00. The highest BCUT2D eigenvalue weighted by molar-refractivity contribution is 4.92. The summed E-state index contributed by atoms with van der Waals surface area (Å²) >= 11 is 0. The van der Waals surface area contributed by atoms with E-state index in [0.717, 1.165) is 5.92 Å². The molecular weight excluding hydrogens is 210 g/mol. The average Bonchev–Trinajstić information content (AvgIpc) is 2.69. The molecule has 2 saturated carbocycles. The van der Waals surface area contributed by atoms with Crippen LogP contribution in [0.3, 0.4) is 0 Å². The van der Waals surface area contributed by atoms with Crippen LogP contribution < -0.4 is 5.32 Å². The third-order valence-corrected chi connectivity index (χ3v) is 4.88. The molecule has 4 unspecified atom stereocenters. The molecule has 0 spiro atoms. The minimum atomic E-state index is 0.456. The van der Waals surface area contributed by atoms with E-state index in [4.69, 9.17) is 4.74 Å². The van der Waals surface area contributed by atoms with Gasteiger partial charge in [0, 0.05) is 19.2 Å². The van der Waals surface area contributed by atoms with Crippen LogP contribution >= 0.6 is 0 Å². The Bertz CT molecular complexity index is 251. The molecule has 1 N–H and O–H groups in total. The van der Waals surface area contributed by atoms with Crippen LogP contribution in [0.4, 0.5) is 0 Å². The first-order valence-electron chi connectivity index (χ1n) is 7.31. The largest absolute Gasteiger partial charge is 0.380 e. The molecule has 0 aromatic rings. The molecule has 2 rings (SSSR count). The molecule has 4 atom stereocenters. The minimum absolute atomic E-state index is 0.456. The van der Waals surface area contributed by atoms with Gasteiger partial charge >= 0.3 is 0 Å². The van der Waals surface area contributed by atoms with Crippen molar-refractivity contribution in [2.75, 3.05) is 7.11 Å². The Balaban J connectivity index is 1.87. The second-order valence-electron chi connectivity index (χ2n) is 6.97. The number of rotatable bonds is 3. The van der Waals surface area contributed by atoms with Crippen molar-refractivity contribution in [3.63, 3.8) is 0 Å². The lowest BCUT2D eigenvalue weighted by molar-refractivity contribution is 0.0667. The van der Waals surface area contributed by atoms with Crippen LogP contribution in [0.2, 0.25) is 0 Å². The third-order valence-electron chi connectivity index (χ3n) is 4.88. The molecule has 0 amide bonds. The fourth-order valence-corrected chi connectivity index (χ4v) is 3.87. The minimum Gasteiger partial charge on any atom is -0.380 e. The Labute approximate surface area is 107 Å². The van der Waals surface area contributed by atoms with Gasteiger partial charge in [0.25, 0.3) is 0 Å². The zero-order chi connectivity index (χ0) is 12.5. The van der Waals surface area contributed by atoms with Gasteiger partial charge in [0.2, 0.25) is 0 Å². The van der Waals surface area contributed by atoms with E-state index in [2.05, 4.69) is 26.1 Å². The van der Waals surface area contributed by atoms with Crippen LogP contribution in [0.15, 0.2) is 0 Å². The van der Waals surface area contributed by atoms with Crippen LogP contribution in [-0.4, -0.2) is 25.3 Å². The van der Waals surface area contributed by atoms with Gasteiger partial charge in [-0.2, -0.15) is 0 Å². The summed E-state index contributed by atoms with van der Waals surface area (Å²) in [5.41, 5.74) is 0.550. The van der Waals surface area contributed by atoms with Crippen molar-refractivity contribution in [1.82, 2.24) is 5.32 Å². The van der Waals surface area contributed by atoms with E-state index < -0.39 is 0 Å². The molecule has 0 aliphatic heterocycles. The van der Waals surface area contributed by atoms with Gasteiger partial charge in [0.15, 0.2) is 0 Å². The normalized spacial score (nSPS) is 41.6. The molecule has 0 saturated heterocycles. The van der Waals surface area contributed by atoms with Crippen molar-refractivity contribution in [2.45, 2.75) is 77.5 Å². The first-order chi connectivity index (χ1) is 8.02. The van der Waals surface area contributed by atoms with Gasteiger partial charge in [-0.3, -0.25) is 0 Å². The Hall–Kier alpha value is -0.0800. The van der Waals surface area contributed by atoms with Crippen LogP contribution in [0.1, 0.15) is 59.3 Å². The average molecular weight is 239 g/mol. The monoisotopic (exact) mass is 239 g/mol. The molecule has 0 aromatic heterocycles. The van der Waals surface area contributed by atoms with E-state index in [9.17, 15) is 0 Å². The van der Waals surface area contributed by atoms with Gasteiger partial charge < -0.3 is 10.1 Å². The Morgan fingerprint density at radius 3 is 2.53 bits per heavy atom. The van der Waals surface area contributed by atoms with Crippen molar-refractivity contribution in [2.24, 2.45) is 11.3 Å². The zero-order valence-electron chi connectivity index (χ0n) is 12.0. The zero-order valence-corrected chi connectivity index (χ0v) is 12.0. The highest BCUT2D eigenvalue weighted by Gasteiger charge is 2.35. The summed E-state index contributed by atoms with van der Waals surface area (Å²) in [6.45, 7) is 7.23.